The van der Waals surface area contributed by atoms with Crippen LogP contribution in [-0.2, 0) is 0 Å². The van der Waals surface area contributed by atoms with E-state index in [1.807, 2.05) is 18.2 Å². The van der Waals surface area contributed by atoms with Crippen molar-refractivity contribution < 1.29 is 4.74 Å². The number of hydrogen-bond acceptors (Lipinski definition) is 4. The van der Waals surface area contributed by atoms with Gasteiger partial charge in [0.05, 0.1) is 17.3 Å². The van der Waals surface area contributed by atoms with E-state index in [9.17, 15) is 0 Å². The lowest BCUT2D eigenvalue weighted by Gasteiger charge is -1.96. The third-order valence-electron chi connectivity index (χ3n) is 2.50. The van der Waals surface area contributed by atoms with Gasteiger partial charge in [-0.1, -0.05) is 11.3 Å². The number of methoxy groups -OCH3 is 1. The van der Waals surface area contributed by atoms with Gasteiger partial charge in [0.15, 0.2) is 5.13 Å². The Morgan fingerprint density at radius 2 is 2.33 bits per heavy atom. The van der Waals surface area contributed by atoms with Crippen LogP contribution in [0.15, 0.2) is 18.2 Å². The predicted molar refractivity (Wildman–Crippen MR) is 62.8 cm³/mol. The summed E-state index contributed by atoms with van der Waals surface area (Å²) in [6.07, 6.45) is 2.55. The zero-order chi connectivity index (χ0) is 10.3. The highest BCUT2D eigenvalue weighted by Crippen LogP contribution is 2.32. The summed E-state index contributed by atoms with van der Waals surface area (Å²) in [5, 5.41) is 4.44. The molecule has 2 aromatic rings. The molecular formula is C11H12N2OS. The number of nitrogens with zero attached hydrogens (tertiary/aromatic N) is 1. The zero-order valence-corrected chi connectivity index (χ0v) is 9.30. The van der Waals surface area contributed by atoms with Crippen LogP contribution < -0.4 is 10.1 Å². The summed E-state index contributed by atoms with van der Waals surface area (Å²) in [4.78, 5) is 4.52. The summed E-state index contributed by atoms with van der Waals surface area (Å²) >= 11 is 1.69. The second-order valence-electron chi connectivity index (χ2n) is 3.77. The monoisotopic (exact) mass is 220 g/mol. The normalized spacial score (nSPS) is 15.5. The van der Waals surface area contributed by atoms with E-state index >= 15 is 0 Å². The van der Waals surface area contributed by atoms with Crippen molar-refractivity contribution in [2.24, 2.45) is 0 Å². The number of rotatable bonds is 3. The van der Waals surface area contributed by atoms with Crippen molar-refractivity contribution in [3.63, 3.8) is 0 Å². The third kappa shape index (κ3) is 1.77. The molecule has 1 fully saturated rings. The van der Waals surface area contributed by atoms with Crippen LogP contribution in [-0.4, -0.2) is 18.1 Å². The van der Waals surface area contributed by atoms with Gasteiger partial charge in [-0.2, -0.15) is 0 Å². The summed E-state index contributed by atoms with van der Waals surface area (Å²) in [6, 6.07) is 6.64. The van der Waals surface area contributed by atoms with Crippen LogP contribution in [0.4, 0.5) is 5.13 Å². The molecule has 1 aromatic heterocycles. The Morgan fingerprint density at radius 3 is 3.07 bits per heavy atom. The molecule has 0 unspecified atom stereocenters. The van der Waals surface area contributed by atoms with Crippen LogP contribution >= 0.6 is 11.3 Å². The standard InChI is InChI=1S/C11H12N2OS/c1-14-8-4-5-9-10(6-8)15-11(13-9)12-7-2-3-7/h4-7H,2-3H2,1H3,(H,12,13). The minimum Gasteiger partial charge on any atom is -0.497 e. The van der Waals surface area contributed by atoms with Gasteiger partial charge >= 0.3 is 0 Å². The molecule has 0 saturated heterocycles. The smallest absolute Gasteiger partial charge is 0.184 e. The molecule has 1 heterocycles. The molecule has 1 aromatic carbocycles. The van der Waals surface area contributed by atoms with Crippen molar-refractivity contribution in [2.75, 3.05) is 12.4 Å². The number of fused-ring (bicyclic) bond motifs is 1. The molecule has 0 atom stereocenters. The lowest BCUT2D eigenvalue weighted by molar-refractivity contribution is 0.415. The molecule has 1 aliphatic carbocycles. The number of ether oxygens (including phenoxy) is 1. The minimum atomic E-state index is 0.660. The van der Waals surface area contributed by atoms with E-state index in [0.29, 0.717) is 6.04 Å². The first-order chi connectivity index (χ1) is 7.35. The van der Waals surface area contributed by atoms with Gasteiger partial charge in [-0.05, 0) is 31.0 Å². The van der Waals surface area contributed by atoms with Gasteiger partial charge in [-0.25, -0.2) is 4.98 Å². The van der Waals surface area contributed by atoms with Crippen molar-refractivity contribution in [1.82, 2.24) is 4.98 Å². The number of nitrogens with one attached hydrogen (secondary N) is 1. The van der Waals surface area contributed by atoms with Gasteiger partial charge in [-0.3, -0.25) is 0 Å². The molecule has 0 aliphatic heterocycles. The van der Waals surface area contributed by atoms with E-state index in [0.717, 1.165) is 16.4 Å². The van der Waals surface area contributed by atoms with E-state index in [2.05, 4.69) is 10.3 Å². The summed E-state index contributed by atoms with van der Waals surface area (Å²) in [7, 11) is 1.69. The SMILES string of the molecule is COc1ccc2nc(NC3CC3)sc2c1. The molecule has 3 nitrogen and oxygen atoms in total. The summed E-state index contributed by atoms with van der Waals surface area (Å²) in [5.74, 6) is 0.893. The summed E-state index contributed by atoms with van der Waals surface area (Å²) in [5.41, 5.74) is 1.05. The Morgan fingerprint density at radius 1 is 1.47 bits per heavy atom. The highest BCUT2D eigenvalue weighted by Gasteiger charge is 2.22. The molecule has 0 bridgehead atoms. The van der Waals surface area contributed by atoms with Gasteiger partial charge in [0, 0.05) is 6.04 Å². The van der Waals surface area contributed by atoms with Gasteiger partial charge < -0.3 is 10.1 Å². The summed E-state index contributed by atoms with van der Waals surface area (Å²) in [6.45, 7) is 0. The van der Waals surface area contributed by atoms with E-state index in [1.54, 1.807) is 18.4 Å². The van der Waals surface area contributed by atoms with Crippen molar-refractivity contribution in [2.45, 2.75) is 18.9 Å². The van der Waals surface area contributed by atoms with Crippen molar-refractivity contribution >= 4 is 26.7 Å². The van der Waals surface area contributed by atoms with Crippen LogP contribution in [0.5, 0.6) is 5.75 Å². The molecule has 15 heavy (non-hydrogen) atoms. The molecular weight excluding hydrogens is 208 g/mol. The van der Waals surface area contributed by atoms with Gasteiger partial charge in [-0.15, -0.1) is 0 Å². The third-order valence-corrected chi connectivity index (χ3v) is 3.45. The van der Waals surface area contributed by atoms with Crippen molar-refractivity contribution in [3.8, 4) is 5.75 Å². The summed E-state index contributed by atoms with van der Waals surface area (Å²) < 4.78 is 6.36. The first-order valence-electron chi connectivity index (χ1n) is 5.06. The lowest BCUT2D eigenvalue weighted by Crippen LogP contribution is -1.99. The quantitative estimate of drug-likeness (QED) is 0.863. The van der Waals surface area contributed by atoms with Gasteiger partial charge in [0.25, 0.3) is 0 Å². The van der Waals surface area contributed by atoms with Crippen LogP contribution in [0.1, 0.15) is 12.8 Å². The first kappa shape index (κ1) is 8.97. The minimum absolute atomic E-state index is 0.660. The fraction of sp³-hybridized carbons (Fsp3) is 0.364. The highest BCUT2D eigenvalue weighted by molar-refractivity contribution is 7.22. The maximum absolute atomic E-state index is 5.18. The number of anilines is 1. The van der Waals surface area contributed by atoms with Crippen molar-refractivity contribution in [1.29, 1.82) is 0 Å². The van der Waals surface area contributed by atoms with E-state index in [-0.39, 0.29) is 0 Å². The fourth-order valence-corrected chi connectivity index (χ4v) is 2.47. The molecule has 0 spiro atoms. The zero-order valence-electron chi connectivity index (χ0n) is 8.49. The van der Waals surface area contributed by atoms with Gasteiger partial charge in [0.1, 0.15) is 5.75 Å². The van der Waals surface area contributed by atoms with E-state index in [4.69, 9.17) is 4.74 Å². The first-order valence-corrected chi connectivity index (χ1v) is 5.88. The number of aromatic nitrogens is 1. The second-order valence-corrected chi connectivity index (χ2v) is 4.80. The average molecular weight is 220 g/mol. The van der Waals surface area contributed by atoms with Crippen LogP contribution in [0.25, 0.3) is 10.2 Å². The highest BCUT2D eigenvalue weighted by atomic mass is 32.1. The number of hydrogen-bond donors (Lipinski definition) is 1. The van der Waals surface area contributed by atoms with Crippen LogP contribution in [0, 0.1) is 0 Å². The Balaban J connectivity index is 1.97. The fourth-order valence-electron chi connectivity index (χ4n) is 1.50. The Hall–Kier alpha value is -1.29. The molecule has 3 rings (SSSR count). The molecule has 1 saturated carbocycles. The largest absolute Gasteiger partial charge is 0.497 e. The lowest BCUT2D eigenvalue weighted by atomic mass is 10.3. The molecule has 78 valence electrons. The maximum Gasteiger partial charge on any atom is 0.184 e. The van der Waals surface area contributed by atoms with Gasteiger partial charge in [0.2, 0.25) is 0 Å². The predicted octanol–water partition coefficient (Wildman–Crippen LogP) is 2.88. The Kier molecular flexibility index (Phi) is 2.02. The molecule has 0 amide bonds. The van der Waals surface area contributed by atoms with E-state index in [1.165, 1.54) is 17.5 Å². The molecule has 1 aliphatic rings. The number of benzene rings is 1. The Labute approximate surface area is 92.1 Å². The average Bonchev–Trinajstić information content (AvgIpc) is 2.96. The van der Waals surface area contributed by atoms with Crippen LogP contribution in [0.2, 0.25) is 0 Å². The molecule has 1 N–H and O–H groups in total. The van der Waals surface area contributed by atoms with Crippen molar-refractivity contribution in [3.05, 3.63) is 18.2 Å². The van der Waals surface area contributed by atoms with Crippen LogP contribution in [0.3, 0.4) is 0 Å². The topological polar surface area (TPSA) is 34.1 Å². The van der Waals surface area contributed by atoms with E-state index < -0.39 is 0 Å². The maximum atomic E-state index is 5.18. The molecule has 4 heteroatoms. The Bertz CT molecular complexity index is 490. The second kappa shape index (κ2) is 3.38. The number of thiazole rings is 1. The molecule has 0 radical (unpaired) electrons.